The zero-order valence-electron chi connectivity index (χ0n) is 14.9. The van der Waals surface area contributed by atoms with Gasteiger partial charge in [-0.05, 0) is 23.3 Å². The summed E-state index contributed by atoms with van der Waals surface area (Å²) in [4.78, 5) is 26.3. The summed E-state index contributed by atoms with van der Waals surface area (Å²) in [5.41, 5.74) is 1.80. The fraction of sp³-hybridized carbons (Fsp3) is 0.300. The minimum atomic E-state index is -0.754. The Kier molecular flexibility index (Phi) is 7.48. The van der Waals surface area contributed by atoms with Crippen molar-refractivity contribution in [3.05, 3.63) is 65.7 Å². The van der Waals surface area contributed by atoms with Gasteiger partial charge in [-0.15, -0.1) is 11.6 Å². The molecule has 0 aliphatic carbocycles. The third kappa shape index (κ3) is 5.23. The number of ether oxygens (including phenoxy) is 2. The number of halogens is 1. The summed E-state index contributed by atoms with van der Waals surface area (Å²) in [6.07, 6.45) is 0.353. The van der Waals surface area contributed by atoms with Gasteiger partial charge in [-0.25, -0.2) is 4.79 Å². The van der Waals surface area contributed by atoms with E-state index in [4.69, 9.17) is 21.1 Å². The predicted octanol–water partition coefficient (Wildman–Crippen LogP) is 3.05. The highest BCUT2D eigenvalue weighted by Crippen LogP contribution is 2.18. The number of alkyl halides is 1. The van der Waals surface area contributed by atoms with Gasteiger partial charge in [0.05, 0.1) is 14.2 Å². The third-order valence-electron chi connectivity index (χ3n) is 4.07. The van der Waals surface area contributed by atoms with E-state index < -0.39 is 12.0 Å². The Morgan fingerprint density at radius 1 is 1.00 bits per heavy atom. The van der Waals surface area contributed by atoms with Crippen LogP contribution in [0.25, 0.3) is 0 Å². The number of methoxy groups -OCH3 is 2. The number of carbonyl (C=O) groups is 2. The SMILES string of the molecule is COC(=O)[C@@H](Cc1ccccc1)N(Cc1ccc(OC)cc1)C(=O)CCl. The summed E-state index contributed by atoms with van der Waals surface area (Å²) in [6.45, 7) is 0.252. The maximum Gasteiger partial charge on any atom is 0.328 e. The molecule has 0 radical (unpaired) electrons. The maximum absolute atomic E-state index is 12.5. The average molecular weight is 376 g/mol. The van der Waals surface area contributed by atoms with Gasteiger partial charge < -0.3 is 14.4 Å². The van der Waals surface area contributed by atoms with E-state index in [-0.39, 0.29) is 18.3 Å². The van der Waals surface area contributed by atoms with Crippen molar-refractivity contribution in [2.75, 3.05) is 20.1 Å². The molecule has 1 atom stereocenters. The van der Waals surface area contributed by atoms with Crippen molar-refractivity contribution in [3.63, 3.8) is 0 Å². The molecule has 0 N–H and O–H groups in total. The molecule has 0 saturated carbocycles. The smallest absolute Gasteiger partial charge is 0.328 e. The molecule has 0 fully saturated rings. The molecular formula is C20H22ClNO4. The molecule has 2 aromatic rings. The lowest BCUT2D eigenvalue weighted by Crippen LogP contribution is -2.47. The second-order valence-corrected chi connectivity index (χ2v) is 6.00. The average Bonchev–Trinajstić information content (AvgIpc) is 2.70. The molecule has 26 heavy (non-hydrogen) atoms. The first-order chi connectivity index (χ1) is 12.6. The Morgan fingerprint density at radius 3 is 2.19 bits per heavy atom. The third-order valence-corrected chi connectivity index (χ3v) is 4.30. The molecule has 6 heteroatoms. The molecular weight excluding hydrogens is 354 g/mol. The van der Waals surface area contributed by atoms with Crippen LogP contribution in [0.15, 0.2) is 54.6 Å². The minimum Gasteiger partial charge on any atom is -0.497 e. The van der Waals surface area contributed by atoms with Crippen molar-refractivity contribution in [2.45, 2.75) is 19.0 Å². The summed E-state index contributed by atoms with van der Waals surface area (Å²) in [5.74, 6) is -0.286. The molecule has 5 nitrogen and oxygen atoms in total. The Hall–Kier alpha value is -2.53. The fourth-order valence-corrected chi connectivity index (χ4v) is 2.82. The van der Waals surface area contributed by atoms with Crippen LogP contribution >= 0.6 is 11.6 Å². The number of benzene rings is 2. The highest BCUT2D eigenvalue weighted by atomic mass is 35.5. The highest BCUT2D eigenvalue weighted by Gasteiger charge is 2.30. The lowest BCUT2D eigenvalue weighted by Gasteiger charge is -2.30. The Balaban J connectivity index is 2.29. The van der Waals surface area contributed by atoms with Crippen molar-refractivity contribution in [2.24, 2.45) is 0 Å². The van der Waals surface area contributed by atoms with Crippen LogP contribution in [-0.2, 0) is 27.3 Å². The highest BCUT2D eigenvalue weighted by molar-refractivity contribution is 6.27. The lowest BCUT2D eigenvalue weighted by atomic mass is 10.0. The first-order valence-electron chi connectivity index (χ1n) is 8.19. The molecule has 0 bridgehead atoms. The number of hydrogen-bond acceptors (Lipinski definition) is 4. The molecule has 0 spiro atoms. The molecule has 0 heterocycles. The van der Waals surface area contributed by atoms with Crippen LogP contribution in [0, 0.1) is 0 Å². The van der Waals surface area contributed by atoms with Gasteiger partial charge in [0.25, 0.3) is 0 Å². The lowest BCUT2D eigenvalue weighted by molar-refractivity contribution is -0.152. The largest absolute Gasteiger partial charge is 0.497 e. The number of hydrogen-bond donors (Lipinski definition) is 0. The Morgan fingerprint density at radius 2 is 1.65 bits per heavy atom. The number of esters is 1. The van der Waals surface area contributed by atoms with Crippen molar-refractivity contribution >= 4 is 23.5 Å². The standard InChI is InChI=1S/C20H22ClNO4/c1-25-17-10-8-16(9-11-17)14-22(19(23)13-21)18(20(24)26-2)12-15-6-4-3-5-7-15/h3-11,18H,12-14H2,1-2H3/t18-/m1/s1. The molecule has 0 aliphatic heterocycles. The maximum atomic E-state index is 12.5. The van der Waals surface area contributed by atoms with Gasteiger partial charge in [-0.2, -0.15) is 0 Å². The van der Waals surface area contributed by atoms with Gasteiger partial charge in [-0.3, -0.25) is 4.79 Å². The van der Waals surface area contributed by atoms with Crippen LogP contribution in [0.1, 0.15) is 11.1 Å². The molecule has 2 rings (SSSR count). The van der Waals surface area contributed by atoms with E-state index >= 15 is 0 Å². The van der Waals surface area contributed by atoms with Gasteiger partial charge in [0.1, 0.15) is 17.7 Å². The van der Waals surface area contributed by atoms with E-state index in [0.717, 1.165) is 16.9 Å². The topological polar surface area (TPSA) is 55.8 Å². The van der Waals surface area contributed by atoms with Gasteiger partial charge in [0.15, 0.2) is 0 Å². The van der Waals surface area contributed by atoms with E-state index in [0.29, 0.717) is 6.42 Å². The summed E-state index contributed by atoms with van der Waals surface area (Å²) >= 11 is 5.79. The molecule has 138 valence electrons. The van der Waals surface area contributed by atoms with Gasteiger partial charge in [0, 0.05) is 13.0 Å². The minimum absolute atomic E-state index is 0.210. The van der Waals surface area contributed by atoms with Crippen LogP contribution < -0.4 is 4.74 Å². The van der Waals surface area contributed by atoms with Gasteiger partial charge in [-0.1, -0.05) is 42.5 Å². The van der Waals surface area contributed by atoms with Crippen LogP contribution in [0.2, 0.25) is 0 Å². The quantitative estimate of drug-likeness (QED) is 0.525. The van der Waals surface area contributed by atoms with Gasteiger partial charge in [0.2, 0.25) is 5.91 Å². The molecule has 0 aromatic heterocycles. The summed E-state index contributed by atoms with van der Waals surface area (Å²) in [5, 5.41) is 0. The van der Waals surface area contributed by atoms with Crippen LogP contribution in [0.4, 0.5) is 0 Å². The normalized spacial score (nSPS) is 11.5. The van der Waals surface area contributed by atoms with E-state index in [2.05, 4.69) is 0 Å². The fourth-order valence-electron chi connectivity index (χ4n) is 2.67. The summed E-state index contributed by atoms with van der Waals surface area (Å²) < 4.78 is 10.1. The van der Waals surface area contributed by atoms with E-state index in [1.807, 2.05) is 54.6 Å². The first-order valence-corrected chi connectivity index (χ1v) is 8.72. The number of rotatable bonds is 8. The second-order valence-electron chi connectivity index (χ2n) is 5.73. The molecule has 0 unspecified atom stereocenters. The predicted molar refractivity (Wildman–Crippen MR) is 100 cm³/mol. The number of carbonyl (C=O) groups excluding carboxylic acids is 2. The van der Waals surface area contributed by atoms with E-state index in [1.54, 1.807) is 7.11 Å². The molecule has 1 amide bonds. The van der Waals surface area contributed by atoms with Crippen molar-refractivity contribution < 1.29 is 19.1 Å². The van der Waals surface area contributed by atoms with Crippen molar-refractivity contribution in [3.8, 4) is 5.75 Å². The number of nitrogens with zero attached hydrogens (tertiary/aromatic N) is 1. The van der Waals surface area contributed by atoms with Gasteiger partial charge >= 0.3 is 5.97 Å². The van der Waals surface area contributed by atoms with Crippen LogP contribution in [0.3, 0.4) is 0 Å². The molecule has 0 saturated heterocycles. The zero-order valence-corrected chi connectivity index (χ0v) is 15.6. The Bertz CT molecular complexity index is 718. The summed E-state index contributed by atoms with van der Waals surface area (Å²) in [7, 11) is 2.91. The summed E-state index contributed by atoms with van der Waals surface area (Å²) in [6, 6.07) is 16.1. The monoisotopic (exact) mass is 375 g/mol. The molecule has 0 aliphatic rings. The first kappa shape index (κ1) is 19.8. The number of amides is 1. The Labute approximate surface area is 158 Å². The van der Waals surface area contributed by atoms with Crippen molar-refractivity contribution in [1.82, 2.24) is 4.90 Å². The van der Waals surface area contributed by atoms with Crippen LogP contribution in [-0.4, -0.2) is 42.9 Å². The molecule has 2 aromatic carbocycles. The van der Waals surface area contributed by atoms with E-state index in [1.165, 1.54) is 12.0 Å². The van der Waals surface area contributed by atoms with E-state index in [9.17, 15) is 9.59 Å². The van der Waals surface area contributed by atoms with Crippen molar-refractivity contribution in [1.29, 1.82) is 0 Å². The van der Waals surface area contributed by atoms with Crippen LogP contribution in [0.5, 0.6) is 5.75 Å². The second kappa shape index (κ2) is 9.82. The zero-order chi connectivity index (χ0) is 18.9.